The van der Waals surface area contributed by atoms with Crippen molar-refractivity contribution in [1.82, 2.24) is 15.0 Å². The van der Waals surface area contributed by atoms with Gasteiger partial charge in [0.25, 0.3) is 0 Å². The topological polar surface area (TPSA) is 65.7 Å². The molecule has 5 nitrogen and oxygen atoms in total. The summed E-state index contributed by atoms with van der Waals surface area (Å²) >= 11 is 0. The Bertz CT molecular complexity index is 603. The molecule has 0 saturated heterocycles. The molecule has 2 aromatic rings. The van der Waals surface area contributed by atoms with Gasteiger partial charge in [-0.1, -0.05) is 13.0 Å². The summed E-state index contributed by atoms with van der Waals surface area (Å²) in [6.07, 6.45) is 3.04. The number of anilines is 1. The minimum Gasteiger partial charge on any atom is -0.359 e. The molecule has 2 rings (SSSR count). The van der Waals surface area contributed by atoms with Crippen molar-refractivity contribution < 1.29 is 0 Å². The summed E-state index contributed by atoms with van der Waals surface area (Å²) in [4.78, 5) is 15.3. The van der Waals surface area contributed by atoms with Crippen LogP contribution in [0.2, 0.25) is 0 Å². The average molecular weight is 267 g/mol. The summed E-state index contributed by atoms with van der Waals surface area (Å²) in [5.74, 6) is 1.46. The second-order valence-electron chi connectivity index (χ2n) is 4.44. The van der Waals surface area contributed by atoms with Crippen LogP contribution in [0, 0.1) is 11.3 Å². The number of nitrogens with zero attached hydrogens (tertiary/aromatic N) is 5. The van der Waals surface area contributed by atoms with Crippen molar-refractivity contribution in [2.75, 3.05) is 18.5 Å². The minimum absolute atomic E-state index is 0.473. The highest BCUT2D eigenvalue weighted by molar-refractivity contribution is 5.53. The molecule has 0 N–H and O–H groups in total. The van der Waals surface area contributed by atoms with E-state index in [4.69, 9.17) is 5.26 Å². The van der Waals surface area contributed by atoms with E-state index in [2.05, 4.69) is 27.9 Å². The molecule has 0 bridgehead atoms. The summed E-state index contributed by atoms with van der Waals surface area (Å²) in [6.45, 7) is 2.71. The van der Waals surface area contributed by atoms with Crippen LogP contribution in [-0.2, 0) is 6.42 Å². The summed E-state index contributed by atoms with van der Waals surface area (Å²) in [5, 5.41) is 8.68. The van der Waals surface area contributed by atoms with Crippen molar-refractivity contribution in [2.24, 2.45) is 0 Å². The third-order valence-corrected chi connectivity index (χ3v) is 2.97. The maximum absolute atomic E-state index is 8.68. The predicted octanol–water partition coefficient (Wildman–Crippen LogP) is 2.45. The van der Waals surface area contributed by atoms with Crippen molar-refractivity contribution in [3.63, 3.8) is 0 Å². The Kier molecular flexibility index (Phi) is 4.61. The number of pyridine rings is 1. The Labute approximate surface area is 118 Å². The molecule has 0 fully saturated rings. The number of rotatable bonds is 5. The van der Waals surface area contributed by atoms with Gasteiger partial charge < -0.3 is 4.90 Å². The largest absolute Gasteiger partial charge is 0.359 e. The molecule has 0 aliphatic rings. The third-order valence-electron chi connectivity index (χ3n) is 2.97. The minimum atomic E-state index is 0.473. The number of nitriles is 1. The summed E-state index contributed by atoms with van der Waals surface area (Å²) < 4.78 is 0. The molecule has 5 heteroatoms. The molecule has 0 aromatic carbocycles. The Morgan fingerprint density at radius 1 is 1.30 bits per heavy atom. The van der Waals surface area contributed by atoms with E-state index in [1.807, 2.05) is 36.2 Å². The Hall–Kier alpha value is -2.48. The van der Waals surface area contributed by atoms with E-state index >= 15 is 0 Å². The van der Waals surface area contributed by atoms with E-state index in [-0.39, 0.29) is 0 Å². The third kappa shape index (κ3) is 3.29. The SMILES string of the molecule is CCc1cc(N(C)CCC#N)nc(-c2ccccn2)n1. The van der Waals surface area contributed by atoms with Crippen LogP contribution in [0.3, 0.4) is 0 Å². The molecule has 0 spiro atoms. The Balaban J connectivity index is 2.37. The van der Waals surface area contributed by atoms with Crippen molar-refractivity contribution in [2.45, 2.75) is 19.8 Å². The van der Waals surface area contributed by atoms with Gasteiger partial charge in [-0.2, -0.15) is 5.26 Å². The first kappa shape index (κ1) is 13.9. The van der Waals surface area contributed by atoms with E-state index in [9.17, 15) is 0 Å². The van der Waals surface area contributed by atoms with Crippen molar-refractivity contribution in [3.05, 3.63) is 36.2 Å². The zero-order valence-corrected chi connectivity index (χ0v) is 11.7. The lowest BCUT2D eigenvalue weighted by Gasteiger charge is -2.17. The molecular formula is C15H17N5. The van der Waals surface area contributed by atoms with Gasteiger partial charge in [0, 0.05) is 31.5 Å². The van der Waals surface area contributed by atoms with Crippen LogP contribution in [0.1, 0.15) is 19.0 Å². The van der Waals surface area contributed by atoms with Gasteiger partial charge in [0.15, 0.2) is 5.82 Å². The van der Waals surface area contributed by atoms with Crippen molar-refractivity contribution in [3.8, 4) is 17.6 Å². The highest BCUT2D eigenvalue weighted by atomic mass is 15.2. The van der Waals surface area contributed by atoms with Crippen molar-refractivity contribution in [1.29, 1.82) is 5.26 Å². The number of hydrogen-bond acceptors (Lipinski definition) is 5. The monoisotopic (exact) mass is 267 g/mol. The molecule has 102 valence electrons. The first-order valence-electron chi connectivity index (χ1n) is 6.62. The molecular weight excluding hydrogens is 250 g/mol. The molecule has 0 amide bonds. The summed E-state index contributed by atoms with van der Waals surface area (Å²) in [6, 6.07) is 9.79. The van der Waals surface area contributed by atoms with Gasteiger partial charge >= 0.3 is 0 Å². The van der Waals surface area contributed by atoms with Crippen LogP contribution in [0.4, 0.5) is 5.82 Å². The highest BCUT2D eigenvalue weighted by Gasteiger charge is 2.10. The Morgan fingerprint density at radius 2 is 2.15 bits per heavy atom. The molecule has 2 heterocycles. The van der Waals surface area contributed by atoms with Gasteiger partial charge in [0.1, 0.15) is 11.5 Å². The lowest BCUT2D eigenvalue weighted by molar-refractivity contribution is 0.870. The zero-order chi connectivity index (χ0) is 14.4. The van der Waals surface area contributed by atoms with Crippen LogP contribution in [0.15, 0.2) is 30.5 Å². The van der Waals surface area contributed by atoms with Gasteiger partial charge in [-0.25, -0.2) is 9.97 Å². The number of hydrogen-bond donors (Lipinski definition) is 0. The fraction of sp³-hybridized carbons (Fsp3) is 0.333. The van der Waals surface area contributed by atoms with E-state index in [0.29, 0.717) is 18.8 Å². The molecule has 20 heavy (non-hydrogen) atoms. The molecule has 0 unspecified atom stereocenters. The average Bonchev–Trinajstić information content (AvgIpc) is 2.52. The lowest BCUT2D eigenvalue weighted by Crippen LogP contribution is -2.20. The van der Waals surface area contributed by atoms with E-state index in [0.717, 1.165) is 23.6 Å². The number of aryl methyl sites for hydroxylation is 1. The van der Waals surface area contributed by atoms with E-state index in [1.54, 1.807) is 6.20 Å². The molecule has 0 aliphatic carbocycles. The van der Waals surface area contributed by atoms with Crippen molar-refractivity contribution >= 4 is 5.82 Å². The van der Waals surface area contributed by atoms with Gasteiger partial charge in [-0.3, -0.25) is 4.98 Å². The summed E-state index contributed by atoms with van der Waals surface area (Å²) in [5.41, 5.74) is 1.73. The van der Waals surface area contributed by atoms with Gasteiger partial charge in [-0.05, 0) is 18.6 Å². The molecule has 0 saturated carbocycles. The first-order chi connectivity index (χ1) is 9.74. The maximum Gasteiger partial charge on any atom is 0.180 e. The molecule has 0 aliphatic heterocycles. The second kappa shape index (κ2) is 6.62. The molecule has 2 aromatic heterocycles. The maximum atomic E-state index is 8.68. The summed E-state index contributed by atoms with van der Waals surface area (Å²) in [7, 11) is 1.93. The van der Waals surface area contributed by atoms with E-state index in [1.165, 1.54) is 0 Å². The Morgan fingerprint density at radius 3 is 2.80 bits per heavy atom. The van der Waals surface area contributed by atoms with Gasteiger partial charge in [0.2, 0.25) is 0 Å². The molecule has 0 radical (unpaired) electrons. The first-order valence-corrected chi connectivity index (χ1v) is 6.62. The van der Waals surface area contributed by atoms with Crippen LogP contribution < -0.4 is 4.90 Å². The lowest BCUT2D eigenvalue weighted by atomic mass is 10.2. The fourth-order valence-corrected chi connectivity index (χ4v) is 1.80. The van der Waals surface area contributed by atoms with Gasteiger partial charge in [-0.15, -0.1) is 0 Å². The van der Waals surface area contributed by atoms with Crippen LogP contribution in [0.25, 0.3) is 11.5 Å². The van der Waals surface area contributed by atoms with Crippen LogP contribution >= 0.6 is 0 Å². The smallest absolute Gasteiger partial charge is 0.180 e. The van der Waals surface area contributed by atoms with Gasteiger partial charge in [0.05, 0.1) is 12.5 Å². The molecule has 0 atom stereocenters. The highest BCUT2D eigenvalue weighted by Crippen LogP contribution is 2.18. The van der Waals surface area contributed by atoms with E-state index < -0.39 is 0 Å². The number of aromatic nitrogens is 3. The standard InChI is InChI=1S/C15H17N5/c1-3-12-11-14(20(2)10-6-8-16)19-15(18-12)13-7-4-5-9-17-13/h4-5,7,9,11H,3,6,10H2,1-2H3. The van der Waals surface area contributed by atoms with Crippen LogP contribution in [0.5, 0.6) is 0 Å². The second-order valence-corrected chi connectivity index (χ2v) is 4.44. The zero-order valence-electron chi connectivity index (χ0n) is 11.7. The fourth-order valence-electron chi connectivity index (χ4n) is 1.80. The predicted molar refractivity (Wildman–Crippen MR) is 78.1 cm³/mol. The normalized spacial score (nSPS) is 10.1. The quantitative estimate of drug-likeness (QED) is 0.832. The van der Waals surface area contributed by atoms with Crippen LogP contribution in [-0.4, -0.2) is 28.5 Å².